The molecule has 2 aromatic heterocycles. The lowest BCUT2D eigenvalue weighted by Gasteiger charge is -2.39. The maximum atomic E-state index is 14.9. The van der Waals surface area contributed by atoms with Gasteiger partial charge in [0.15, 0.2) is 0 Å². The summed E-state index contributed by atoms with van der Waals surface area (Å²) in [5, 5.41) is 3.36. The topological polar surface area (TPSA) is 109 Å². The monoisotopic (exact) mass is 634 g/mol. The minimum Gasteiger partial charge on any atom is -0.351 e. The number of nitrogens with zero attached hydrogens (tertiary/aromatic N) is 4. The van der Waals surface area contributed by atoms with Gasteiger partial charge >= 0.3 is 6.18 Å². The first-order chi connectivity index (χ1) is 19.9. The Hall–Kier alpha value is -3.40. The van der Waals surface area contributed by atoms with Crippen LogP contribution in [0, 0.1) is 5.82 Å². The molecule has 1 aromatic carbocycles. The Morgan fingerprint density at radius 1 is 1.16 bits per heavy atom. The molecular weight excluding hydrogens is 602 g/mol. The zero-order valence-electron chi connectivity index (χ0n) is 23.8. The number of pyridine rings is 1. The second kappa shape index (κ2) is 11.9. The largest absolute Gasteiger partial charge is 0.390 e. The lowest BCUT2D eigenvalue weighted by molar-refractivity contribution is -0.129. The highest BCUT2D eigenvalue weighted by Crippen LogP contribution is 2.37. The summed E-state index contributed by atoms with van der Waals surface area (Å²) in [5.41, 5.74) is -0.774. The number of anilines is 2. The highest BCUT2D eigenvalue weighted by atomic mass is 32.2. The van der Waals surface area contributed by atoms with Crippen LogP contribution in [0.3, 0.4) is 0 Å². The van der Waals surface area contributed by atoms with E-state index < -0.39 is 75.9 Å². The Morgan fingerprint density at radius 3 is 2.44 bits per heavy atom. The Balaban J connectivity index is 1.63. The van der Waals surface area contributed by atoms with Gasteiger partial charge in [-0.05, 0) is 64.5 Å². The van der Waals surface area contributed by atoms with Gasteiger partial charge in [0, 0.05) is 35.7 Å². The van der Waals surface area contributed by atoms with Gasteiger partial charge < -0.3 is 10.2 Å². The Bertz CT molecular complexity index is 1660. The smallest absolute Gasteiger partial charge is 0.351 e. The molecular formula is C27H32F6N6O3S. The fourth-order valence-corrected chi connectivity index (χ4v) is 6.29. The molecule has 0 bridgehead atoms. The molecule has 1 saturated carbocycles. The van der Waals surface area contributed by atoms with E-state index in [0.717, 1.165) is 12.1 Å². The lowest BCUT2D eigenvalue weighted by Crippen LogP contribution is -2.51. The predicted molar refractivity (Wildman–Crippen MR) is 151 cm³/mol. The average molecular weight is 635 g/mol. The third-order valence-corrected chi connectivity index (χ3v) is 8.51. The number of benzene rings is 1. The molecule has 1 fully saturated rings. The first kappa shape index (κ1) is 32.5. The number of hydrogen-bond donors (Lipinski definition) is 2. The Kier molecular flexibility index (Phi) is 9.03. The maximum absolute atomic E-state index is 14.9. The summed E-state index contributed by atoms with van der Waals surface area (Å²) in [6, 6.07) is 2.72. The normalized spacial score (nSPS) is 19.3. The van der Waals surface area contributed by atoms with Crippen molar-refractivity contribution >= 4 is 32.7 Å². The van der Waals surface area contributed by atoms with Gasteiger partial charge in [0.2, 0.25) is 16.0 Å². The van der Waals surface area contributed by atoms with Crippen molar-refractivity contribution in [1.29, 1.82) is 0 Å². The fourth-order valence-electron chi connectivity index (χ4n) is 5.19. The van der Waals surface area contributed by atoms with Crippen molar-refractivity contribution in [2.24, 2.45) is 0 Å². The first-order valence-electron chi connectivity index (χ1n) is 13.5. The summed E-state index contributed by atoms with van der Waals surface area (Å²) < 4.78 is 109. The maximum Gasteiger partial charge on any atom is 0.390 e. The molecule has 0 amide bonds. The van der Waals surface area contributed by atoms with Gasteiger partial charge in [0.1, 0.15) is 11.5 Å². The second-order valence-electron chi connectivity index (χ2n) is 11.1. The van der Waals surface area contributed by atoms with Crippen molar-refractivity contribution < 1.29 is 34.8 Å². The van der Waals surface area contributed by atoms with Gasteiger partial charge in [-0.25, -0.2) is 26.6 Å². The second-order valence-corrected chi connectivity index (χ2v) is 13.0. The first-order valence-corrected chi connectivity index (χ1v) is 15.1. The number of nitrogens with one attached hydrogen (secondary N) is 2. The van der Waals surface area contributed by atoms with E-state index in [2.05, 4.69) is 15.3 Å². The van der Waals surface area contributed by atoms with Crippen molar-refractivity contribution in [2.75, 3.05) is 29.9 Å². The molecule has 2 atom stereocenters. The molecule has 4 rings (SSSR count). The molecule has 236 valence electrons. The minimum absolute atomic E-state index is 0.0394. The zero-order chi connectivity index (χ0) is 31.9. The quantitative estimate of drug-likeness (QED) is 0.304. The summed E-state index contributed by atoms with van der Waals surface area (Å²) in [6.07, 6.45) is -4.56. The van der Waals surface area contributed by atoms with Gasteiger partial charge in [-0.3, -0.25) is 14.1 Å². The summed E-state index contributed by atoms with van der Waals surface area (Å²) in [6.45, 7) is 3.45. The molecule has 0 saturated heterocycles. The molecule has 16 heteroatoms. The highest BCUT2D eigenvalue weighted by molar-refractivity contribution is 7.92. The van der Waals surface area contributed by atoms with Crippen LogP contribution in [0.2, 0.25) is 0 Å². The Labute approximate surface area is 244 Å². The van der Waals surface area contributed by atoms with Crippen LogP contribution in [0.1, 0.15) is 45.6 Å². The van der Waals surface area contributed by atoms with Crippen LogP contribution in [-0.4, -0.2) is 71.9 Å². The SMILES string of the molecule is CC(C)n1c(=O)c(-c2ccc(NS(=O)(=O)CCC(F)(F)F)c(F)c2)cc2cnc(N[C@@H]3CC[C@@H](N(C)C)C(F)(F)C3)nc21. The lowest BCUT2D eigenvalue weighted by atomic mass is 9.87. The van der Waals surface area contributed by atoms with Gasteiger partial charge in [-0.2, -0.15) is 18.2 Å². The van der Waals surface area contributed by atoms with E-state index in [9.17, 15) is 39.6 Å². The van der Waals surface area contributed by atoms with Gasteiger partial charge in [-0.1, -0.05) is 6.07 Å². The van der Waals surface area contributed by atoms with Gasteiger partial charge in [0.05, 0.1) is 23.9 Å². The van der Waals surface area contributed by atoms with Crippen molar-refractivity contribution in [1.82, 2.24) is 19.4 Å². The standard InChI is InChI=1S/C27H32F6N6O3S/c1-15(2)39-23-17(14-34-25(36-23)35-18-6-8-22(38(3)4)26(29,30)13-18)11-19(24(39)40)16-5-7-21(20(28)12-16)37-43(41,42)10-9-27(31,32)33/h5,7,11-12,14-15,18,22,37H,6,8-10,13H2,1-4H3,(H,34,35,36)/t18-,22-/m1/s1. The van der Waals surface area contributed by atoms with Crippen molar-refractivity contribution in [3.8, 4) is 11.1 Å². The molecule has 0 spiro atoms. The van der Waals surface area contributed by atoms with Crippen LogP contribution < -0.4 is 15.6 Å². The van der Waals surface area contributed by atoms with Crippen LogP contribution in [0.5, 0.6) is 0 Å². The number of sulfonamides is 1. The third-order valence-electron chi connectivity index (χ3n) is 7.24. The van der Waals surface area contributed by atoms with Crippen molar-refractivity contribution in [2.45, 2.75) is 69.8 Å². The molecule has 1 aliphatic rings. The molecule has 3 aromatic rings. The highest BCUT2D eigenvalue weighted by Gasteiger charge is 2.46. The molecule has 2 heterocycles. The summed E-state index contributed by atoms with van der Waals surface area (Å²) in [5.74, 6) is -5.22. The molecule has 2 N–H and O–H groups in total. The van der Waals surface area contributed by atoms with E-state index in [1.165, 1.54) is 27.8 Å². The average Bonchev–Trinajstić information content (AvgIpc) is 2.87. The predicted octanol–water partition coefficient (Wildman–Crippen LogP) is 5.40. The van der Waals surface area contributed by atoms with Crippen LogP contribution in [-0.2, 0) is 10.0 Å². The summed E-state index contributed by atoms with van der Waals surface area (Å²) in [4.78, 5) is 23.8. The number of fused-ring (bicyclic) bond motifs is 1. The van der Waals surface area contributed by atoms with E-state index in [0.29, 0.717) is 11.8 Å². The Morgan fingerprint density at radius 2 is 1.86 bits per heavy atom. The third kappa shape index (κ3) is 7.58. The number of halogens is 6. The molecule has 1 aliphatic carbocycles. The molecule has 9 nitrogen and oxygen atoms in total. The van der Waals surface area contributed by atoms with E-state index in [1.54, 1.807) is 32.7 Å². The molecule has 0 unspecified atom stereocenters. The summed E-state index contributed by atoms with van der Waals surface area (Å²) in [7, 11) is -1.26. The molecule has 0 radical (unpaired) electrons. The van der Waals surface area contributed by atoms with Crippen molar-refractivity contribution in [3.05, 3.63) is 46.6 Å². The molecule has 0 aliphatic heterocycles. The van der Waals surface area contributed by atoms with E-state index in [4.69, 9.17) is 0 Å². The van der Waals surface area contributed by atoms with Crippen LogP contribution in [0.15, 0.2) is 35.3 Å². The number of hydrogen-bond acceptors (Lipinski definition) is 7. The number of rotatable bonds is 9. The number of aromatic nitrogens is 3. The van der Waals surface area contributed by atoms with E-state index in [1.807, 2.05) is 0 Å². The van der Waals surface area contributed by atoms with Crippen LogP contribution in [0.25, 0.3) is 22.2 Å². The van der Waals surface area contributed by atoms with E-state index >= 15 is 0 Å². The van der Waals surface area contributed by atoms with Crippen LogP contribution in [0.4, 0.5) is 38.0 Å². The molecule has 43 heavy (non-hydrogen) atoms. The number of alkyl halides is 5. The van der Waals surface area contributed by atoms with Gasteiger partial charge in [-0.15, -0.1) is 0 Å². The zero-order valence-corrected chi connectivity index (χ0v) is 24.7. The van der Waals surface area contributed by atoms with Crippen molar-refractivity contribution in [3.63, 3.8) is 0 Å². The van der Waals surface area contributed by atoms with Crippen LogP contribution >= 0.6 is 0 Å². The summed E-state index contributed by atoms with van der Waals surface area (Å²) >= 11 is 0. The minimum atomic E-state index is -4.70. The van der Waals surface area contributed by atoms with Gasteiger partial charge in [0.25, 0.3) is 11.5 Å². The van der Waals surface area contributed by atoms with E-state index in [-0.39, 0.29) is 29.1 Å². The fraction of sp³-hybridized carbons (Fsp3) is 0.519.